The fourth-order valence-electron chi connectivity index (χ4n) is 1.72. The summed E-state index contributed by atoms with van der Waals surface area (Å²) in [5, 5.41) is 10.0. The number of aliphatic hydroxyl groups is 1. The lowest BCUT2D eigenvalue weighted by atomic mass is 10.1. The number of ether oxygens (including phenoxy) is 1. The first-order chi connectivity index (χ1) is 9.56. The number of carbonyl (C=O) groups excluding carboxylic acids is 1. The quantitative estimate of drug-likeness (QED) is 0.882. The van der Waals surface area contributed by atoms with Gasteiger partial charge in [0, 0.05) is 10.0 Å². The first-order valence-electron chi connectivity index (χ1n) is 6.02. The van der Waals surface area contributed by atoms with Crippen molar-refractivity contribution in [1.82, 2.24) is 0 Å². The van der Waals surface area contributed by atoms with E-state index >= 15 is 0 Å². The second-order valence-electron chi connectivity index (χ2n) is 4.27. The van der Waals surface area contributed by atoms with Gasteiger partial charge in [-0.15, -0.1) is 0 Å². The van der Waals surface area contributed by atoms with Crippen molar-refractivity contribution in [2.45, 2.75) is 6.10 Å². The standard InChI is InChI=1S/C15H14BrNO3/c16-12-5-1-3-10(7-12)14(18)9-20-13-6-2-4-11(8-13)15(17)19/h1-8,14,18H,9H2,(H2,17,19). The third-order valence-corrected chi connectivity index (χ3v) is 3.25. The highest BCUT2D eigenvalue weighted by molar-refractivity contribution is 9.10. The fourth-order valence-corrected chi connectivity index (χ4v) is 2.14. The number of hydrogen-bond acceptors (Lipinski definition) is 3. The highest BCUT2D eigenvalue weighted by Gasteiger charge is 2.09. The van der Waals surface area contributed by atoms with Gasteiger partial charge >= 0.3 is 0 Å². The number of hydrogen-bond donors (Lipinski definition) is 2. The van der Waals surface area contributed by atoms with Gasteiger partial charge in [0.2, 0.25) is 5.91 Å². The van der Waals surface area contributed by atoms with E-state index < -0.39 is 12.0 Å². The summed E-state index contributed by atoms with van der Waals surface area (Å²) >= 11 is 3.35. The Hall–Kier alpha value is -1.85. The molecule has 20 heavy (non-hydrogen) atoms. The normalized spacial score (nSPS) is 11.9. The van der Waals surface area contributed by atoms with Crippen LogP contribution in [0.4, 0.5) is 0 Å². The largest absolute Gasteiger partial charge is 0.491 e. The monoisotopic (exact) mass is 335 g/mol. The van der Waals surface area contributed by atoms with Crippen LogP contribution >= 0.6 is 15.9 Å². The molecule has 2 rings (SSSR count). The molecule has 0 aliphatic heterocycles. The van der Waals surface area contributed by atoms with Gasteiger partial charge in [0.25, 0.3) is 0 Å². The Labute approximate surface area is 125 Å². The van der Waals surface area contributed by atoms with Crippen LogP contribution in [0, 0.1) is 0 Å². The molecular weight excluding hydrogens is 322 g/mol. The molecule has 0 radical (unpaired) electrons. The van der Waals surface area contributed by atoms with Gasteiger partial charge in [0.15, 0.2) is 0 Å². The third-order valence-electron chi connectivity index (χ3n) is 2.76. The SMILES string of the molecule is NC(=O)c1cccc(OCC(O)c2cccc(Br)c2)c1. The summed E-state index contributed by atoms with van der Waals surface area (Å²) in [7, 11) is 0. The topological polar surface area (TPSA) is 72.6 Å². The number of benzene rings is 2. The number of carbonyl (C=O) groups is 1. The second kappa shape index (κ2) is 6.54. The lowest BCUT2D eigenvalue weighted by Crippen LogP contribution is -2.12. The lowest BCUT2D eigenvalue weighted by Gasteiger charge is -2.13. The van der Waals surface area contributed by atoms with Crippen LogP contribution in [0.25, 0.3) is 0 Å². The molecule has 5 heteroatoms. The number of rotatable bonds is 5. The summed E-state index contributed by atoms with van der Waals surface area (Å²) in [5.41, 5.74) is 6.33. The van der Waals surface area contributed by atoms with E-state index in [0.717, 1.165) is 10.0 Å². The van der Waals surface area contributed by atoms with Crippen LogP contribution in [0.5, 0.6) is 5.75 Å². The zero-order chi connectivity index (χ0) is 14.5. The van der Waals surface area contributed by atoms with Gasteiger partial charge in [-0.2, -0.15) is 0 Å². The zero-order valence-electron chi connectivity index (χ0n) is 10.6. The molecule has 0 saturated carbocycles. The molecule has 1 unspecified atom stereocenters. The van der Waals surface area contributed by atoms with Gasteiger partial charge in [0.1, 0.15) is 18.5 Å². The maximum absolute atomic E-state index is 11.1. The minimum atomic E-state index is -0.746. The van der Waals surface area contributed by atoms with Crippen LogP contribution in [0.15, 0.2) is 53.0 Å². The van der Waals surface area contributed by atoms with Crippen molar-refractivity contribution in [1.29, 1.82) is 0 Å². The third kappa shape index (κ3) is 3.82. The van der Waals surface area contributed by atoms with Gasteiger partial charge < -0.3 is 15.6 Å². The molecule has 0 fully saturated rings. The summed E-state index contributed by atoms with van der Waals surface area (Å²) in [6.07, 6.45) is -0.746. The smallest absolute Gasteiger partial charge is 0.248 e. The molecule has 1 amide bonds. The minimum Gasteiger partial charge on any atom is -0.491 e. The first kappa shape index (κ1) is 14.6. The van der Waals surface area contributed by atoms with Gasteiger partial charge in [-0.05, 0) is 35.9 Å². The van der Waals surface area contributed by atoms with Crippen molar-refractivity contribution in [2.75, 3.05) is 6.61 Å². The molecule has 0 bridgehead atoms. The Bertz CT molecular complexity index is 616. The predicted molar refractivity (Wildman–Crippen MR) is 79.6 cm³/mol. The van der Waals surface area contributed by atoms with Gasteiger partial charge in [-0.25, -0.2) is 0 Å². The fraction of sp³-hybridized carbons (Fsp3) is 0.133. The molecule has 0 heterocycles. The van der Waals surface area contributed by atoms with Crippen molar-refractivity contribution >= 4 is 21.8 Å². The van der Waals surface area contributed by atoms with Crippen molar-refractivity contribution in [3.05, 3.63) is 64.1 Å². The minimum absolute atomic E-state index is 0.0959. The summed E-state index contributed by atoms with van der Waals surface area (Å²) in [5.74, 6) is -0.0154. The van der Waals surface area contributed by atoms with Gasteiger partial charge in [0.05, 0.1) is 0 Å². The van der Waals surface area contributed by atoms with E-state index in [1.165, 1.54) is 0 Å². The highest BCUT2D eigenvalue weighted by Crippen LogP contribution is 2.20. The molecule has 4 nitrogen and oxygen atoms in total. The molecule has 0 spiro atoms. The highest BCUT2D eigenvalue weighted by atomic mass is 79.9. The molecule has 3 N–H and O–H groups in total. The molecule has 0 aliphatic rings. The van der Waals surface area contributed by atoms with Crippen molar-refractivity contribution in [2.24, 2.45) is 5.73 Å². The Balaban J connectivity index is 2.01. The van der Waals surface area contributed by atoms with E-state index in [9.17, 15) is 9.90 Å². The van der Waals surface area contributed by atoms with Crippen molar-refractivity contribution in [3.63, 3.8) is 0 Å². The zero-order valence-corrected chi connectivity index (χ0v) is 12.2. The number of halogens is 1. The van der Waals surface area contributed by atoms with Crippen LogP contribution in [0.1, 0.15) is 22.0 Å². The molecule has 0 aromatic heterocycles. The Kier molecular flexibility index (Phi) is 4.76. The predicted octanol–water partition coefficient (Wildman–Crippen LogP) is 2.66. The van der Waals surface area contributed by atoms with Crippen molar-refractivity contribution in [3.8, 4) is 5.75 Å². The number of primary amides is 1. The van der Waals surface area contributed by atoms with Crippen LogP contribution in [-0.4, -0.2) is 17.6 Å². The van der Waals surface area contributed by atoms with E-state index in [1.54, 1.807) is 24.3 Å². The van der Waals surface area contributed by atoms with Crippen molar-refractivity contribution < 1.29 is 14.6 Å². The van der Waals surface area contributed by atoms with E-state index in [0.29, 0.717) is 11.3 Å². The van der Waals surface area contributed by atoms with Crippen LogP contribution in [0.2, 0.25) is 0 Å². The first-order valence-corrected chi connectivity index (χ1v) is 6.82. The maximum atomic E-state index is 11.1. The lowest BCUT2D eigenvalue weighted by molar-refractivity contribution is 0.0997. The Morgan fingerprint density at radius 3 is 2.70 bits per heavy atom. The Morgan fingerprint density at radius 2 is 2.00 bits per heavy atom. The number of amides is 1. The number of aliphatic hydroxyl groups excluding tert-OH is 1. The summed E-state index contributed by atoms with van der Waals surface area (Å²) in [6, 6.07) is 13.9. The maximum Gasteiger partial charge on any atom is 0.248 e. The van der Waals surface area contributed by atoms with E-state index in [-0.39, 0.29) is 6.61 Å². The molecule has 104 valence electrons. The molecule has 2 aromatic rings. The summed E-state index contributed by atoms with van der Waals surface area (Å²) < 4.78 is 6.37. The summed E-state index contributed by atoms with van der Waals surface area (Å²) in [6.45, 7) is 0.0959. The molecule has 0 aliphatic carbocycles. The molecule has 1 atom stereocenters. The molecular formula is C15H14BrNO3. The summed E-state index contributed by atoms with van der Waals surface area (Å²) in [4.78, 5) is 11.1. The van der Waals surface area contributed by atoms with E-state index in [2.05, 4.69) is 15.9 Å². The van der Waals surface area contributed by atoms with Crippen LogP contribution in [0.3, 0.4) is 0 Å². The average molecular weight is 336 g/mol. The number of nitrogens with two attached hydrogens (primary N) is 1. The average Bonchev–Trinajstić information content (AvgIpc) is 2.45. The van der Waals surface area contributed by atoms with E-state index in [1.807, 2.05) is 24.3 Å². The van der Waals surface area contributed by atoms with Gasteiger partial charge in [-0.1, -0.05) is 34.1 Å². The molecule has 0 saturated heterocycles. The van der Waals surface area contributed by atoms with Crippen LogP contribution in [-0.2, 0) is 0 Å². The molecule has 2 aromatic carbocycles. The van der Waals surface area contributed by atoms with Gasteiger partial charge in [-0.3, -0.25) is 4.79 Å². The van der Waals surface area contributed by atoms with E-state index in [4.69, 9.17) is 10.5 Å². The van der Waals surface area contributed by atoms with Crippen LogP contribution < -0.4 is 10.5 Å². The Morgan fingerprint density at radius 1 is 1.25 bits per heavy atom. The second-order valence-corrected chi connectivity index (χ2v) is 5.19.